The minimum Gasteiger partial charge on any atom is -0.493 e. The van der Waals surface area contributed by atoms with Crippen molar-refractivity contribution in [2.75, 3.05) is 19.7 Å². The van der Waals surface area contributed by atoms with Crippen LogP contribution in [0.1, 0.15) is 20.3 Å². The van der Waals surface area contributed by atoms with Gasteiger partial charge in [-0.05, 0) is 32.0 Å². The van der Waals surface area contributed by atoms with Crippen LogP contribution in [0.4, 0.5) is 0 Å². The number of carbonyl (C=O) groups is 1. The van der Waals surface area contributed by atoms with E-state index in [1.54, 1.807) is 4.90 Å². The van der Waals surface area contributed by atoms with Gasteiger partial charge in [0.25, 0.3) is 0 Å². The van der Waals surface area contributed by atoms with Gasteiger partial charge in [0, 0.05) is 17.6 Å². The van der Waals surface area contributed by atoms with E-state index in [0.717, 1.165) is 15.8 Å². The lowest BCUT2D eigenvalue weighted by Crippen LogP contribution is -2.33. The molecule has 1 aromatic carbocycles. The Morgan fingerprint density at radius 1 is 1.47 bits per heavy atom. The molecular weight excluding hydrogens is 306 g/mol. The number of halogens is 1. The third kappa shape index (κ3) is 5.92. The third-order valence-electron chi connectivity index (χ3n) is 2.58. The maximum Gasteiger partial charge on any atom is 0.226 e. The van der Waals surface area contributed by atoms with Crippen LogP contribution in [0.2, 0.25) is 0 Å². The second kappa shape index (κ2) is 8.00. The summed E-state index contributed by atoms with van der Waals surface area (Å²) in [4.78, 5) is 13.7. The van der Waals surface area contributed by atoms with Crippen LogP contribution >= 0.6 is 15.9 Å². The lowest BCUT2D eigenvalue weighted by molar-refractivity contribution is -0.131. The van der Waals surface area contributed by atoms with Crippen LogP contribution in [0.5, 0.6) is 5.75 Å². The fourth-order valence-corrected chi connectivity index (χ4v) is 2.05. The summed E-state index contributed by atoms with van der Waals surface area (Å²) in [5, 5.41) is 0. The van der Waals surface area contributed by atoms with Gasteiger partial charge in [-0.2, -0.15) is 0 Å². The van der Waals surface area contributed by atoms with Crippen LogP contribution in [0.15, 0.2) is 40.9 Å². The molecule has 1 aromatic rings. The molecule has 0 heterocycles. The van der Waals surface area contributed by atoms with Gasteiger partial charge in [0.05, 0.1) is 13.0 Å². The van der Waals surface area contributed by atoms with Crippen molar-refractivity contribution in [1.29, 1.82) is 0 Å². The molecule has 1 rings (SSSR count). The molecule has 0 aromatic heterocycles. The molecule has 0 aliphatic rings. The van der Waals surface area contributed by atoms with Crippen LogP contribution in [0.3, 0.4) is 0 Å². The molecular formula is C15H20BrNO2. The second-order valence-corrected chi connectivity index (χ2v) is 5.34. The number of rotatable bonds is 7. The molecule has 0 saturated heterocycles. The van der Waals surface area contributed by atoms with Crippen molar-refractivity contribution < 1.29 is 9.53 Å². The highest BCUT2D eigenvalue weighted by Crippen LogP contribution is 2.17. The third-order valence-corrected chi connectivity index (χ3v) is 3.07. The number of nitrogens with zero attached hydrogens (tertiary/aromatic N) is 1. The van der Waals surface area contributed by atoms with Crippen LogP contribution in [0, 0.1) is 0 Å². The molecule has 0 aliphatic heterocycles. The molecule has 0 N–H and O–H groups in total. The summed E-state index contributed by atoms with van der Waals surface area (Å²) in [7, 11) is 0. The summed E-state index contributed by atoms with van der Waals surface area (Å²) in [5.41, 5.74) is 0.989. The normalized spacial score (nSPS) is 10.1. The number of hydrogen-bond acceptors (Lipinski definition) is 2. The molecule has 0 saturated carbocycles. The molecule has 1 amide bonds. The number of hydrogen-bond donors (Lipinski definition) is 0. The Balaban J connectivity index is 2.39. The minimum absolute atomic E-state index is 0.0977. The Morgan fingerprint density at radius 3 is 2.79 bits per heavy atom. The lowest BCUT2D eigenvalue weighted by Gasteiger charge is -2.21. The lowest BCUT2D eigenvalue weighted by atomic mass is 10.3. The van der Waals surface area contributed by atoms with E-state index < -0.39 is 0 Å². The minimum atomic E-state index is 0.0977. The van der Waals surface area contributed by atoms with Crippen LogP contribution in [-0.2, 0) is 4.79 Å². The van der Waals surface area contributed by atoms with Crippen LogP contribution in [-0.4, -0.2) is 30.5 Å². The Morgan fingerprint density at radius 2 is 2.21 bits per heavy atom. The van der Waals surface area contributed by atoms with E-state index in [2.05, 4.69) is 22.5 Å². The molecule has 19 heavy (non-hydrogen) atoms. The summed E-state index contributed by atoms with van der Waals surface area (Å²) >= 11 is 3.38. The molecule has 0 spiro atoms. The van der Waals surface area contributed by atoms with E-state index in [1.165, 1.54) is 0 Å². The van der Waals surface area contributed by atoms with Gasteiger partial charge in [0.1, 0.15) is 5.75 Å². The first-order valence-electron chi connectivity index (χ1n) is 6.33. The van der Waals surface area contributed by atoms with Crippen molar-refractivity contribution in [2.24, 2.45) is 0 Å². The Bertz CT molecular complexity index is 446. The first-order chi connectivity index (χ1) is 9.02. The number of carbonyl (C=O) groups excluding carboxylic acids is 1. The number of amides is 1. The van der Waals surface area contributed by atoms with Crippen LogP contribution in [0.25, 0.3) is 0 Å². The topological polar surface area (TPSA) is 29.5 Å². The SMILES string of the molecule is C=C(C)CN(CC)C(=O)CCOc1cccc(Br)c1. The second-order valence-electron chi connectivity index (χ2n) is 4.42. The van der Waals surface area contributed by atoms with Gasteiger partial charge < -0.3 is 9.64 Å². The summed E-state index contributed by atoms with van der Waals surface area (Å²) in [6, 6.07) is 7.60. The van der Waals surface area contributed by atoms with Gasteiger partial charge in [0.2, 0.25) is 5.91 Å². The smallest absolute Gasteiger partial charge is 0.226 e. The van der Waals surface area contributed by atoms with Gasteiger partial charge in [-0.1, -0.05) is 34.1 Å². The fraction of sp³-hybridized carbons (Fsp3) is 0.400. The largest absolute Gasteiger partial charge is 0.493 e. The highest BCUT2D eigenvalue weighted by atomic mass is 79.9. The first kappa shape index (κ1) is 15.8. The molecule has 0 unspecified atom stereocenters. The van der Waals surface area contributed by atoms with Gasteiger partial charge >= 0.3 is 0 Å². The molecule has 0 aliphatic carbocycles. The van der Waals surface area contributed by atoms with E-state index in [0.29, 0.717) is 26.1 Å². The molecule has 3 nitrogen and oxygen atoms in total. The number of ether oxygens (including phenoxy) is 1. The molecule has 0 fully saturated rings. The monoisotopic (exact) mass is 325 g/mol. The fourth-order valence-electron chi connectivity index (χ4n) is 1.67. The van der Waals surface area contributed by atoms with Crippen molar-refractivity contribution in [3.63, 3.8) is 0 Å². The first-order valence-corrected chi connectivity index (χ1v) is 7.12. The van der Waals surface area contributed by atoms with Crippen molar-refractivity contribution >= 4 is 21.8 Å². The summed E-state index contributed by atoms with van der Waals surface area (Å²) < 4.78 is 6.52. The summed E-state index contributed by atoms with van der Waals surface area (Å²) in [6.07, 6.45) is 0.383. The molecule has 0 atom stereocenters. The average molecular weight is 326 g/mol. The van der Waals surface area contributed by atoms with E-state index >= 15 is 0 Å². The van der Waals surface area contributed by atoms with E-state index in [9.17, 15) is 4.79 Å². The highest BCUT2D eigenvalue weighted by molar-refractivity contribution is 9.10. The summed E-state index contributed by atoms with van der Waals surface area (Å²) in [6.45, 7) is 9.43. The predicted molar refractivity (Wildman–Crippen MR) is 81.3 cm³/mol. The zero-order valence-corrected chi connectivity index (χ0v) is 13.1. The van der Waals surface area contributed by atoms with Crippen molar-refractivity contribution in [2.45, 2.75) is 20.3 Å². The highest BCUT2D eigenvalue weighted by Gasteiger charge is 2.11. The quantitative estimate of drug-likeness (QED) is 0.716. The number of benzene rings is 1. The van der Waals surface area contributed by atoms with E-state index in [-0.39, 0.29) is 5.91 Å². The Labute approximate surface area is 123 Å². The maximum absolute atomic E-state index is 12.0. The van der Waals surface area contributed by atoms with Crippen molar-refractivity contribution in [3.05, 3.63) is 40.9 Å². The van der Waals surface area contributed by atoms with Crippen LogP contribution < -0.4 is 4.74 Å². The van der Waals surface area contributed by atoms with E-state index in [1.807, 2.05) is 38.1 Å². The molecule has 0 radical (unpaired) electrons. The zero-order chi connectivity index (χ0) is 14.3. The van der Waals surface area contributed by atoms with Crippen molar-refractivity contribution in [3.8, 4) is 5.75 Å². The molecule has 104 valence electrons. The standard InChI is InChI=1S/C15H20BrNO2/c1-4-17(11-12(2)3)15(18)8-9-19-14-7-5-6-13(16)10-14/h5-7,10H,2,4,8-9,11H2,1,3H3. The predicted octanol–water partition coefficient (Wildman–Crippen LogP) is 3.64. The van der Waals surface area contributed by atoms with Gasteiger partial charge in [-0.3, -0.25) is 4.79 Å². The molecule has 4 heteroatoms. The van der Waals surface area contributed by atoms with Gasteiger partial charge in [-0.25, -0.2) is 0 Å². The van der Waals surface area contributed by atoms with Crippen molar-refractivity contribution in [1.82, 2.24) is 4.90 Å². The molecule has 0 bridgehead atoms. The number of likely N-dealkylation sites (N-methyl/N-ethyl adjacent to an activating group) is 1. The average Bonchev–Trinajstić information content (AvgIpc) is 2.35. The zero-order valence-electron chi connectivity index (χ0n) is 11.5. The Hall–Kier alpha value is -1.29. The maximum atomic E-state index is 12.0. The summed E-state index contributed by atoms with van der Waals surface area (Å²) in [5.74, 6) is 0.866. The Kier molecular flexibility index (Phi) is 6.64. The van der Waals surface area contributed by atoms with Gasteiger partial charge in [0.15, 0.2) is 0 Å². The van der Waals surface area contributed by atoms with E-state index in [4.69, 9.17) is 4.74 Å². The van der Waals surface area contributed by atoms with Gasteiger partial charge in [-0.15, -0.1) is 0 Å².